The quantitative estimate of drug-likeness (QED) is 0.853. The molecule has 0 bridgehead atoms. The summed E-state index contributed by atoms with van der Waals surface area (Å²) in [5.74, 6) is -0.267. The van der Waals surface area contributed by atoms with E-state index in [9.17, 15) is 18.3 Å². The molecule has 1 saturated heterocycles. The number of phenolic OH excluding ortho intramolecular Hbond substituents is 1. The van der Waals surface area contributed by atoms with Gasteiger partial charge in [-0.2, -0.15) is 4.31 Å². The summed E-state index contributed by atoms with van der Waals surface area (Å²) in [6, 6.07) is 5.63. The first-order valence-electron chi connectivity index (χ1n) is 6.47. The molecule has 0 atom stereocenters. The van der Waals surface area contributed by atoms with Crippen LogP contribution in [-0.4, -0.2) is 36.8 Å². The van der Waals surface area contributed by atoms with Crippen molar-refractivity contribution < 1.29 is 18.3 Å². The van der Waals surface area contributed by atoms with Crippen LogP contribution in [-0.2, 0) is 14.8 Å². The van der Waals surface area contributed by atoms with E-state index in [0.717, 1.165) is 0 Å². The molecule has 0 radical (unpaired) electrons. The van der Waals surface area contributed by atoms with Crippen molar-refractivity contribution in [3.05, 3.63) is 24.3 Å². The number of phenols is 1. The molecule has 20 heavy (non-hydrogen) atoms. The molecule has 0 spiro atoms. The molecule has 7 heteroatoms. The Morgan fingerprint density at radius 1 is 1.35 bits per heavy atom. The Hall–Kier alpha value is -1.60. The van der Waals surface area contributed by atoms with Gasteiger partial charge in [0, 0.05) is 19.5 Å². The molecule has 0 aromatic heterocycles. The van der Waals surface area contributed by atoms with Crippen LogP contribution in [0.15, 0.2) is 29.2 Å². The predicted octanol–water partition coefficient (Wildman–Crippen LogP) is 0.668. The lowest BCUT2D eigenvalue weighted by Crippen LogP contribution is -2.39. The second-order valence-corrected chi connectivity index (χ2v) is 6.95. The smallest absolute Gasteiger partial charge is 0.243 e. The SMILES string of the molecule is NC(=O)CC1CCN(S(=O)(=O)c2cccc(O)c2)CC1. The molecule has 1 aliphatic rings. The highest BCUT2D eigenvalue weighted by Crippen LogP contribution is 2.26. The number of nitrogens with zero attached hydrogens (tertiary/aromatic N) is 1. The van der Waals surface area contributed by atoms with Crippen LogP contribution in [0.25, 0.3) is 0 Å². The van der Waals surface area contributed by atoms with Crippen LogP contribution >= 0.6 is 0 Å². The van der Waals surface area contributed by atoms with E-state index in [1.165, 1.54) is 28.6 Å². The molecule has 0 unspecified atom stereocenters. The molecule has 1 heterocycles. The molecule has 1 aromatic carbocycles. The number of primary amides is 1. The molecule has 1 fully saturated rings. The highest BCUT2D eigenvalue weighted by atomic mass is 32.2. The summed E-state index contributed by atoms with van der Waals surface area (Å²) in [7, 11) is -3.58. The second-order valence-electron chi connectivity index (χ2n) is 5.02. The number of sulfonamides is 1. The van der Waals surface area contributed by atoms with Gasteiger partial charge in [0.1, 0.15) is 5.75 Å². The van der Waals surface area contributed by atoms with Gasteiger partial charge < -0.3 is 10.8 Å². The number of aromatic hydroxyl groups is 1. The van der Waals surface area contributed by atoms with Crippen LogP contribution in [0.1, 0.15) is 19.3 Å². The molecule has 1 aromatic rings. The van der Waals surface area contributed by atoms with Crippen molar-refractivity contribution in [1.82, 2.24) is 4.31 Å². The summed E-state index contributed by atoms with van der Waals surface area (Å²) >= 11 is 0. The number of nitrogens with two attached hydrogens (primary N) is 1. The molecule has 1 amide bonds. The van der Waals surface area contributed by atoms with E-state index in [2.05, 4.69) is 0 Å². The summed E-state index contributed by atoms with van der Waals surface area (Å²) in [4.78, 5) is 11.0. The van der Waals surface area contributed by atoms with Gasteiger partial charge >= 0.3 is 0 Å². The Balaban J connectivity index is 2.08. The molecule has 0 aliphatic carbocycles. The number of hydrogen-bond acceptors (Lipinski definition) is 4. The van der Waals surface area contributed by atoms with Gasteiger partial charge in [0.2, 0.25) is 15.9 Å². The normalized spacial score (nSPS) is 18.0. The van der Waals surface area contributed by atoms with Crippen molar-refractivity contribution in [3.8, 4) is 5.75 Å². The monoisotopic (exact) mass is 298 g/mol. The van der Waals surface area contributed by atoms with Gasteiger partial charge in [-0.05, 0) is 37.0 Å². The van der Waals surface area contributed by atoms with E-state index in [-0.39, 0.29) is 22.5 Å². The summed E-state index contributed by atoms with van der Waals surface area (Å²) in [5, 5.41) is 9.38. The Bertz CT molecular complexity index is 592. The number of carbonyl (C=O) groups excluding carboxylic acids is 1. The number of piperidine rings is 1. The Morgan fingerprint density at radius 2 is 2.00 bits per heavy atom. The van der Waals surface area contributed by atoms with E-state index in [1.54, 1.807) is 0 Å². The van der Waals surface area contributed by atoms with Gasteiger partial charge in [-0.3, -0.25) is 4.79 Å². The van der Waals surface area contributed by atoms with Crippen molar-refractivity contribution >= 4 is 15.9 Å². The maximum Gasteiger partial charge on any atom is 0.243 e. The molecule has 0 saturated carbocycles. The Morgan fingerprint density at radius 3 is 2.55 bits per heavy atom. The molecule has 6 nitrogen and oxygen atoms in total. The van der Waals surface area contributed by atoms with E-state index in [1.807, 2.05) is 0 Å². The number of amides is 1. The van der Waals surface area contributed by atoms with Crippen molar-refractivity contribution in [1.29, 1.82) is 0 Å². The number of hydrogen-bond donors (Lipinski definition) is 2. The first-order valence-corrected chi connectivity index (χ1v) is 7.91. The lowest BCUT2D eigenvalue weighted by molar-refractivity contribution is -0.119. The molecule has 2 rings (SSSR count). The standard InChI is InChI=1S/C13H18N2O4S/c14-13(17)8-10-4-6-15(7-5-10)20(18,19)12-3-1-2-11(16)9-12/h1-3,9-10,16H,4-8H2,(H2,14,17). The number of carbonyl (C=O) groups is 1. The Kier molecular flexibility index (Phi) is 4.29. The fraction of sp³-hybridized carbons (Fsp3) is 0.462. The summed E-state index contributed by atoms with van der Waals surface area (Å²) in [6.07, 6.45) is 1.56. The van der Waals surface area contributed by atoms with Crippen LogP contribution in [0.2, 0.25) is 0 Å². The van der Waals surface area contributed by atoms with Gasteiger partial charge in [-0.15, -0.1) is 0 Å². The second kappa shape index (κ2) is 5.80. The average molecular weight is 298 g/mol. The van der Waals surface area contributed by atoms with Crippen LogP contribution in [0.4, 0.5) is 0 Å². The van der Waals surface area contributed by atoms with Crippen molar-refractivity contribution in [2.24, 2.45) is 11.7 Å². The third-order valence-electron chi connectivity index (χ3n) is 3.52. The van der Waals surface area contributed by atoms with Crippen LogP contribution in [0.5, 0.6) is 5.75 Å². The van der Waals surface area contributed by atoms with E-state index in [0.29, 0.717) is 32.4 Å². The minimum absolute atomic E-state index is 0.0744. The average Bonchev–Trinajstić information content (AvgIpc) is 2.38. The lowest BCUT2D eigenvalue weighted by atomic mass is 9.94. The topological polar surface area (TPSA) is 101 Å². The first kappa shape index (κ1) is 14.8. The minimum atomic E-state index is -3.58. The molecule has 110 valence electrons. The minimum Gasteiger partial charge on any atom is -0.508 e. The summed E-state index contributed by atoms with van der Waals surface area (Å²) < 4.78 is 26.2. The van der Waals surface area contributed by atoms with Gasteiger partial charge in [0.05, 0.1) is 4.90 Å². The third kappa shape index (κ3) is 3.29. The lowest BCUT2D eigenvalue weighted by Gasteiger charge is -2.30. The zero-order chi connectivity index (χ0) is 14.8. The summed E-state index contributed by atoms with van der Waals surface area (Å²) in [6.45, 7) is 0.742. The van der Waals surface area contributed by atoms with Gasteiger partial charge in [0.25, 0.3) is 0 Å². The third-order valence-corrected chi connectivity index (χ3v) is 5.41. The number of benzene rings is 1. The maximum atomic E-state index is 12.4. The fourth-order valence-electron chi connectivity index (χ4n) is 2.43. The predicted molar refractivity (Wildman–Crippen MR) is 73.4 cm³/mol. The maximum absolute atomic E-state index is 12.4. The van der Waals surface area contributed by atoms with Crippen LogP contribution in [0, 0.1) is 5.92 Å². The zero-order valence-corrected chi connectivity index (χ0v) is 11.8. The van der Waals surface area contributed by atoms with E-state index in [4.69, 9.17) is 5.73 Å². The van der Waals surface area contributed by atoms with Gasteiger partial charge in [-0.25, -0.2) is 8.42 Å². The van der Waals surface area contributed by atoms with Crippen molar-refractivity contribution in [2.75, 3.05) is 13.1 Å². The molecular formula is C13H18N2O4S. The van der Waals surface area contributed by atoms with E-state index < -0.39 is 10.0 Å². The molecule has 1 aliphatic heterocycles. The zero-order valence-electron chi connectivity index (χ0n) is 11.0. The largest absolute Gasteiger partial charge is 0.508 e. The fourth-order valence-corrected chi connectivity index (χ4v) is 3.94. The molecule has 3 N–H and O–H groups in total. The van der Waals surface area contributed by atoms with Gasteiger partial charge in [-0.1, -0.05) is 6.07 Å². The summed E-state index contributed by atoms with van der Waals surface area (Å²) in [5.41, 5.74) is 5.15. The highest BCUT2D eigenvalue weighted by Gasteiger charge is 2.29. The van der Waals surface area contributed by atoms with Crippen LogP contribution < -0.4 is 5.73 Å². The van der Waals surface area contributed by atoms with Crippen molar-refractivity contribution in [2.45, 2.75) is 24.2 Å². The first-order chi connectivity index (χ1) is 9.39. The van der Waals surface area contributed by atoms with E-state index >= 15 is 0 Å². The molecular weight excluding hydrogens is 280 g/mol. The number of rotatable bonds is 4. The van der Waals surface area contributed by atoms with Crippen molar-refractivity contribution in [3.63, 3.8) is 0 Å². The Labute approximate surface area is 118 Å². The highest BCUT2D eigenvalue weighted by molar-refractivity contribution is 7.89. The van der Waals surface area contributed by atoms with Crippen LogP contribution in [0.3, 0.4) is 0 Å². The van der Waals surface area contributed by atoms with Gasteiger partial charge in [0.15, 0.2) is 0 Å².